The highest BCUT2D eigenvalue weighted by Gasteiger charge is 2.25. The molecule has 11 heavy (non-hydrogen) atoms. The smallest absolute Gasteiger partial charge is 0.198 e. The van der Waals surface area contributed by atoms with Crippen LogP contribution in [0.3, 0.4) is 0 Å². The fourth-order valence-corrected chi connectivity index (χ4v) is 1.60. The van der Waals surface area contributed by atoms with Crippen LogP contribution in [0.4, 0.5) is 0 Å². The molecule has 0 aromatic carbocycles. The summed E-state index contributed by atoms with van der Waals surface area (Å²) in [5, 5.41) is 0.700. The normalized spacial score (nSPS) is 28.2. The Labute approximate surface area is 78.0 Å². The molecule has 3 nitrogen and oxygen atoms in total. The Morgan fingerprint density at radius 2 is 2.55 bits per heavy atom. The summed E-state index contributed by atoms with van der Waals surface area (Å²) in [6.07, 6.45) is 5.56. The summed E-state index contributed by atoms with van der Waals surface area (Å²) in [5.74, 6) is 0. The maximum Gasteiger partial charge on any atom is 0.198 e. The molecule has 1 N–H and O–H groups in total. The van der Waals surface area contributed by atoms with E-state index in [0.29, 0.717) is 5.16 Å². The average Bonchev–Trinajstić information content (AvgIpc) is 2.36. The van der Waals surface area contributed by atoms with Crippen LogP contribution >= 0.6 is 27.7 Å². The first-order valence-electron chi connectivity index (χ1n) is 3.17. The Balaban J connectivity index is 2.32. The number of rotatable bonds is 0. The quantitative estimate of drug-likeness (QED) is 0.476. The molecule has 0 saturated heterocycles. The minimum absolute atomic E-state index is 0.700. The maximum absolute atomic E-state index is 5.86. The van der Waals surface area contributed by atoms with Crippen molar-refractivity contribution in [3.8, 4) is 0 Å². The molecule has 0 aromatic heterocycles. The van der Waals surface area contributed by atoms with E-state index in [2.05, 4.69) is 21.1 Å². The van der Waals surface area contributed by atoms with Crippen molar-refractivity contribution in [2.45, 2.75) is 0 Å². The molecule has 0 saturated carbocycles. The second-order valence-corrected chi connectivity index (χ2v) is 3.62. The Kier molecular flexibility index (Phi) is 1.75. The lowest BCUT2D eigenvalue weighted by Gasteiger charge is -2.21. The summed E-state index contributed by atoms with van der Waals surface area (Å²) in [7, 11) is 0. The molecule has 0 bridgehead atoms. The molecule has 0 fully saturated rings. The van der Waals surface area contributed by atoms with Crippen molar-refractivity contribution in [2.75, 3.05) is 6.54 Å². The van der Waals surface area contributed by atoms with Crippen molar-refractivity contribution in [1.29, 1.82) is 0 Å². The van der Waals surface area contributed by atoms with Crippen molar-refractivity contribution >= 4 is 34.1 Å². The minimum atomic E-state index is 0.700. The Hall–Kier alpha value is -0.320. The molecule has 58 valence electrons. The van der Waals surface area contributed by atoms with E-state index in [1.807, 2.05) is 18.7 Å². The van der Waals surface area contributed by atoms with Gasteiger partial charge in [-0.1, -0.05) is 11.6 Å². The van der Waals surface area contributed by atoms with Gasteiger partial charge in [0.1, 0.15) is 12.7 Å². The number of fused-ring (bicyclic) bond motifs is 1. The number of hydrogen-bond acceptors (Lipinski definition) is 2. The molecule has 1 unspecified atom stereocenters. The van der Waals surface area contributed by atoms with E-state index in [1.165, 1.54) is 5.70 Å². The molecule has 1 atom stereocenters. The first-order valence-corrected chi connectivity index (χ1v) is 4.26. The molecule has 2 heterocycles. The number of aliphatic imine (C=N–C) groups is 1. The van der Waals surface area contributed by atoms with Gasteiger partial charge in [-0.05, 0) is 0 Å². The summed E-state index contributed by atoms with van der Waals surface area (Å²) in [6.45, 7) is 0.782. The third kappa shape index (κ3) is 1.21. The minimum Gasteiger partial charge on any atom is -0.284 e. The zero-order valence-electron chi connectivity index (χ0n) is 5.59. The van der Waals surface area contributed by atoms with E-state index < -0.39 is 0 Å². The SMILES string of the molecule is ClC1=C[NH+]2C=NC=C2CN1Br. The molecule has 0 radical (unpaired) electrons. The number of quaternary nitrogens is 1. The van der Waals surface area contributed by atoms with E-state index in [0.717, 1.165) is 11.4 Å². The summed E-state index contributed by atoms with van der Waals surface area (Å²) < 4.78 is 1.80. The van der Waals surface area contributed by atoms with Gasteiger partial charge in [-0.25, -0.2) is 9.89 Å². The van der Waals surface area contributed by atoms with Gasteiger partial charge in [-0.15, -0.1) is 0 Å². The number of halogens is 2. The van der Waals surface area contributed by atoms with Crippen LogP contribution in [0, 0.1) is 0 Å². The summed E-state index contributed by atoms with van der Waals surface area (Å²) in [5.41, 5.74) is 1.20. The van der Waals surface area contributed by atoms with Crippen molar-refractivity contribution in [3.63, 3.8) is 0 Å². The molecule has 0 aromatic rings. The number of nitrogens with zero attached hydrogens (tertiary/aromatic N) is 2. The van der Waals surface area contributed by atoms with Crippen LogP contribution in [0.15, 0.2) is 28.2 Å². The second-order valence-electron chi connectivity index (χ2n) is 2.38. The van der Waals surface area contributed by atoms with Gasteiger partial charge in [0.2, 0.25) is 0 Å². The van der Waals surface area contributed by atoms with Crippen molar-refractivity contribution in [3.05, 3.63) is 23.3 Å². The van der Waals surface area contributed by atoms with Crippen LogP contribution in [0.25, 0.3) is 0 Å². The predicted octanol–water partition coefficient (Wildman–Crippen LogP) is 0.418. The van der Waals surface area contributed by atoms with E-state index in [1.54, 1.807) is 3.93 Å². The van der Waals surface area contributed by atoms with Gasteiger partial charge in [0, 0.05) is 0 Å². The Morgan fingerprint density at radius 3 is 3.36 bits per heavy atom. The average molecular weight is 235 g/mol. The van der Waals surface area contributed by atoms with Crippen LogP contribution in [-0.4, -0.2) is 16.8 Å². The molecule has 0 aliphatic carbocycles. The summed E-state index contributed by atoms with van der Waals surface area (Å²) in [6, 6.07) is 0. The molecular weight excluding hydrogens is 229 g/mol. The first-order chi connectivity index (χ1) is 5.27. The monoisotopic (exact) mass is 234 g/mol. The number of hydrogen-bond donors (Lipinski definition) is 1. The third-order valence-corrected chi connectivity index (χ3v) is 2.78. The van der Waals surface area contributed by atoms with Crippen LogP contribution in [0.1, 0.15) is 0 Å². The van der Waals surface area contributed by atoms with E-state index in [4.69, 9.17) is 11.6 Å². The largest absolute Gasteiger partial charge is 0.284 e. The lowest BCUT2D eigenvalue weighted by molar-refractivity contribution is -0.693. The number of nitrogens with one attached hydrogen (secondary N) is 1. The van der Waals surface area contributed by atoms with Gasteiger partial charge in [-0.3, -0.25) is 3.93 Å². The molecule has 0 amide bonds. The zero-order chi connectivity index (χ0) is 7.84. The van der Waals surface area contributed by atoms with Crippen molar-refractivity contribution < 1.29 is 4.90 Å². The molecule has 2 aliphatic heterocycles. The second kappa shape index (κ2) is 2.62. The fourth-order valence-electron chi connectivity index (χ4n) is 1.05. The standard InChI is InChI=1S/C6H5BrClN3/c7-11-2-5-1-9-4-10(5)3-6(11)8/h1,3-4H,2H2/p+1. The van der Waals surface area contributed by atoms with Crippen LogP contribution < -0.4 is 4.90 Å². The fraction of sp³-hybridized carbons (Fsp3) is 0.167. The molecule has 2 rings (SSSR count). The van der Waals surface area contributed by atoms with Crippen LogP contribution in [-0.2, 0) is 0 Å². The van der Waals surface area contributed by atoms with Crippen molar-refractivity contribution in [1.82, 2.24) is 3.93 Å². The lowest BCUT2D eigenvalue weighted by atomic mass is 10.4. The Bertz CT molecular complexity index is 271. The molecule has 5 heteroatoms. The van der Waals surface area contributed by atoms with E-state index >= 15 is 0 Å². The topological polar surface area (TPSA) is 20.0 Å². The molecule has 2 aliphatic rings. The lowest BCUT2D eigenvalue weighted by Crippen LogP contribution is -3.05. The maximum atomic E-state index is 5.86. The van der Waals surface area contributed by atoms with Crippen LogP contribution in [0.2, 0.25) is 0 Å². The highest BCUT2D eigenvalue weighted by Crippen LogP contribution is 2.17. The van der Waals surface area contributed by atoms with E-state index in [-0.39, 0.29) is 0 Å². The molecular formula is C6H6BrClN3+. The molecule has 0 spiro atoms. The summed E-state index contributed by atoms with van der Waals surface area (Å²) in [4.78, 5) is 5.14. The highest BCUT2D eigenvalue weighted by atomic mass is 79.9. The predicted molar refractivity (Wildman–Crippen MR) is 47.1 cm³/mol. The van der Waals surface area contributed by atoms with Gasteiger partial charge in [0.25, 0.3) is 0 Å². The Morgan fingerprint density at radius 1 is 1.73 bits per heavy atom. The first kappa shape index (κ1) is 7.34. The van der Waals surface area contributed by atoms with E-state index in [9.17, 15) is 0 Å². The van der Waals surface area contributed by atoms with Gasteiger partial charge >= 0.3 is 0 Å². The summed E-state index contributed by atoms with van der Waals surface area (Å²) >= 11 is 9.18. The van der Waals surface area contributed by atoms with Gasteiger partial charge in [0.05, 0.1) is 22.3 Å². The van der Waals surface area contributed by atoms with Crippen LogP contribution in [0.5, 0.6) is 0 Å². The van der Waals surface area contributed by atoms with Gasteiger partial charge < -0.3 is 0 Å². The third-order valence-electron chi connectivity index (χ3n) is 1.63. The zero-order valence-corrected chi connectivity index (χ0v) is 7.93. The van der Waals surface area contributed by atoms with Gasteiger partial charge in [0.15, 0.2) is 17.2 Å². The highest BCUT2D eigenvalue weighted by molar-refractivity contribution is 9.07. The van der Waals surface area contributed by atoms with Gasteiger partial charge in [-0.2, -0.15) is 0 Å². The van der Waals surface area contributed by atoms with Crippen molar-refractivity contribution in [2.24, 2.45) is 4.99 Å².